The Bertz CT molecular complexity index is 898. The molecule has 1 N–H and O–H groups in total. The van der Waals surface area contributed by atoms with Crippen molar-refractivity contribution < 1.29 is 14.3 Å². The number of nitrogens with zero attached hydrogens (tertiary/aromatic N) is 2. The van der Waals surface area contributed by atoms with E-state index < -0.39 is 0 Å². The van der Waals surface area contributed by atoms with E-state index in [4.69, 9.17) is 4.74 Å². The summed E-state index contributed by atoms with van der Waals surface area (Å²) in [7, 11) is 0. The maximum absolute atomic E-state index is 12.7. The molecule has 2 aliphatic rings. The van der Waals surface area contributed by atoms with Crippen LogP contribution in [0.5, 0.6) is 0 Å². The Morgan fingerprint density at radius 2 is 1.61 bits per heavy atom. The summed E-state index contributed by atoms with van der Waals surface area (Å²) in [4.78, 5) is 27.3. The molecule has 0 unspecified atom stereocenters. The number of aryl methyl sites for hydroxylation is 1. The molecular weight excluding hydrogens is 354 g/mol. The fourth-order valence-electron chi connectivity index (χ4n) is 3.39. The molecule has 6 heteroatoms. The molecule has 144 valence electrons. The molecule has 0 bridgehead atoms. The third-order valence-electron chi connectivity index (χ3n) is 5.07. The summed E-state index contributed by atoms with van der Waals surface area (Å²) in [6, 6.07) is 15.5. The van der Waals surface area contributed by atoms with Crippen LogP contribution >= 0.6 is 0 Å². The van der Waals surface area contributed by atoms with Gasteiger partial charge in [0.15, 0.2) is 0 Å². The Hall–Kier alpha value is -3.12. The van der Waals surface area contributed by atoms with Gasteiger partial charge >= 0.3 is 0 Å². The number of carbonyl (C=O) groups is 2. The van der Waals surface area contributed by atoms with E-state index in [0.29, 0.717) is 5.69 Å². The van der Waals surface area contributed by atoms with Crippen molar-refractivity contribution >= 4 is 29.3 Å². The smallest absolute Gasteiger partial charge is 0.282 e. The van der Waals surface area contributed by atoms with Gasteiger partial charge in [-0.25, -0.2) is 5.01 Å². The topological polar surface area (TPSA) is 61.9 Å². The molecule has 2 aliphatic heterocycles. The number of ether oxygens (including phenoxy) is 1. The Morgan fingerprint density at radius 3 is 2.25 bits per heavy atom. The molecule has 0 saturated carbocycles. The fraction of sp³-hybridized carbons (Fsp3) is 0.273. The zero-order valence-electron chi connectivity index (χ0n) is 15.9. The number of carbonyl (C=O) groups excluding carboxylic acids is 2. The van der Waals surface area contributed by atoms with Crippen molar-refractivity contribution in [2.45, 2.75) is 13.3 Å². The number of benzene rings is 2. The number of rotatable bonds is 4. The predicted octanol–water partition coefficient (Wildman–Crippen LogP) is 2.55. The monoisotopic (exact) mass is 377 g/mol. The fourth-order valence-corrected chi connectivity index (χ4v) is 3.39. The Labute approximate surface area is 164 Å². The van der Waals surface area contributed by atoms with Crippen LogP contribution in [-0.2, 0) is 20.7 Å². The maximum Gasteiger partial charge on any atom is 0.282 e. The summed E-state index contributed by atoms with van der Waals surface area (Å²) in [5.41, 5.74) is 6.55. The molecule has 2 heterocycles. The van der Waals surface area contributed by atoms with Crippen LogP contribution in [0.3, 0.4) is 0 Å². The second-order valence-corrected chi connectivity index (χ2v) is 6.85. The van der Waals surface area contributed by atoms with Crippen LogP contribution < -0.4 is 15.3 Å². The third kappa shape index (κ3) is 3.64. The van der Waals surface area contributed by atoms with Gasteiger partial charge in [-0.05, 0) is 47.9 Å². The first-order valence-corrected chi connectivity index (χ1v) is 9.54. The average Bonchev–Trinajstić information content (AvgIpc) is 3.03. The van der Waals surface area contributed by atoms with Crippen LogP contribution in [-0.4, -0.2) is 38.1 Å². The van der Waals surface area contributed by atoms with Crippen LogP contribution in [0.4, 0.5) is 11.4 Å². The van der Waals surface area contributed by atoms with Crippen molar-refractivity contribution in [1.29, 1.82) is 0 Å². The number of hydrogen-bond donors (Lipinski definition) is 1. The molecule has 2 aromatic rings. The number of morpholine rings is 1. The second kappa shape index (κ2) is 7.86. The van der Waals surface area contributed by atoms with Gasteiger partial charge in [0.05, 0.1) is 18.9 Å². The minimum absolute atomic E-state index is 0.138. The Morgan fingerprint density at radius 1 is 0.964 bits per heavy atom. The van der Waals surface area contributed by atoms with E-state index in [1.165, 1.54) is 10.6 Å². The van der Waals surface area contributed by atoms with Crippen LogP contribution in [0.25, 0.3) is 6.08 Å². The lowest BCUT2D eigenvalue weighted by Crippen LogP contribution is -2.36. The molecule has 6 nitrogen and oxygen atoms in total. The summed E-state index contributed by atoms with van der Waals surface area (Å²) in [5, 5.41) is 1.30. The Balaban J connectivity index is 1.52. The second-order valence-electron chi connectivity index (χ2n) is 6.85. The summed E-state index contributed by atoms with van der Waals surface area (Å²) in [6.07, 6.45) is 2.56. The average molecular weight is 377 g/mol. The SMILES string of the molecule is CCc1ccc(N2NC(=O)/C(=C/c3ccc(N4CCOCC4)cc3)C2=O)cc1. The lowest BCUT2D eigenvalue weighted by atomic mass is 10.1. The highest BCUT2D eigenvalue weighted by molar-refractivity contribution is 6.31. The summed E-state index contributed by atoms with van der Waals surface area (Å²) >= 11 is 0. The molecule has 0 atom stereocenters. The largest absolute Gasteiger partial charge is 0.378 e. The van der Waals surface area contributed by atoms with Crippen molar-refractivity contribution in [1.82, 2.24) is 5.43 Å². The zero-order valence-corrected chi connectivity index (χ0v) is 15.9. The highest BCUT2D eigenvalue weighted by Crippen LogP contribution is 2.23. The van der Waals surface area contributed by atoms with Crippen LogP contribution in [0, 0.1) is 0 Å². The summed E-state index contributed by atoms with van der Waals surface area (Å²) in [5.74, 6) is -0.728. The van der Waals surface area contributed by atoms with Gasteiger partial charge in [-0.2, -0.15) is 0 Å². The third-order valence-corrected chi connectivity index (χ3v) is 5.07. The minimum atomic E-state index is -0.387. The molecule has 0 aromatic heterocycles. The van der Waals surface area contributed by atoms with Crippen LogP contribution in [0.2, 0.25) is 0 Å². The van der Waals surface area contributed by atoms with E-state index in [0.717, 1.165) is 44.0 Å². The molecule has 28 heavy (non-hydrogen) atoms. The molecule has 2 fully saturated rings. The normalized spacial score (nSPS) is 18.7. The van der Waals surface area contributed by atoms with Crippen molar-refractivity contribution in [3.05, 3.63) is 65.2 Å². The molecule has 2 aromatic carbocycles. The van der Waals surface area contributed by atoms with Gasteiger partial charge in [0.25, 0.3) is 11.8 Å². The maximum atomic E-state index is 12.7. The van der Waals surface area contributed by atoms with Gasteiger partial charge in [-0.1, -0.05) is 31.2 Å². The highest BCUT2D eigenvalue weighted by Gasteiger charge is 2.34. The van der Waals surface area contributed by atoms with Gasteiger partial charge in [-0.15, -0.1) is 0 Å². The van der Waals surface area contributed by atoms with E-state index in [2.05, 4.69) is 17.2 Å². The minimum Gasteiger partial charge on any atom is -0.378 e. The predicted molar refractivity (Wildman–Crippen MR) is 109 cm³/mol. The lowest BCUT2D eigenvalue weighted by Gasteiger charge is -2.28. The van der Waals surface area contributed by atoms with Crippen LogP contribution in [0.1, 0.15) is 18.1 Å². The van der Waals surface area contributed by atoms with Gasteiger partial charge in [0.2, 0.25) is 0 Å². The van der Waals surface area contributed by atoms with Crippen molar-refractivity contribution in [2.75, 3.05) is 36.2 Å². The van der Waals surface area contributed by atoms with E-state index in [1.807, 2.05) is 48.5 Å². The zero-order chi connectivity index (χ0) is 19.5. The number of anilines is 2. The van der Waals surface area contributed by atoms with E-state index in [9.17, 15) is 9.59 Å². The van der Waals surface area contributed by atoms with Gasteiger partial charge in [0, 0.05) is 18.8 Å². The van der Waals surface area contributed by atoms with Gasteiger partial charge in [0.1, 0.15) is 5.57 Å². The number of hydrazine groups is 1. The molecule has 2 amide bonds. The molecule has 0 radical (unpaired) electrons. The van der Waals surface area contributed by atoms with Crippen molar-refractivity contribution in [3.8, 4) is 0 Å². The molecule has 0 spiro atoms. The first kappa shape index (κ1) is 18.3. The molecule has 2 saturated heterocycles. The highest BCUT2D eigenvalue weighted by atomic mass is 16.5. The summed E-state index contributed by atoms with van der Waals surface area (Å²) in [6.45, 7) is 5.27. The van der Waals surface area contributed by atoms with Gasteiger partial charge < -0.3 is 9.64 Å². The van der Waals surface area contributed by atoms with E-state index >= 15 is 0 Å². The first-order valence-electron chi connectivity index (χ1n) is 9.54. The summed E-state index contributed by atoms with van der Waals surface area (Å²) < 4.78 is 5.38. The Kier molecular flexibility index (Phi) is 5.12. The quantitative estimate of drug-likeness (QED) is 0.657. The molecule has 0 aliphatic carbocycles. The van der Waals surface area contributed by atoms with Gasteiger partial charge in [-0.3, -0.25) is 15.0 Å². The molecular formula is C22H23N3O3. The number of nitrogens with one attached hydrogen (secondary N) is 1. The lowest BCUT2D eigenvalue weighted by molar-refractivity contribution is -0.117. The van der Waals surface area contributed by atoms with Crippen LogP contribution in [0.15, 0.2) is 54.1 Å². The number of amides is 2. The van der Waals surface area contributed by atoms with Crippen molar-refractivity contribution in [2.24, 2.45) is 0 Å². The molecule has 4 rings (SSSR count). The van der Waals surface area contributed by atoms with E-state index in [1.54, 1.807) is 6.08 Å². The van der Waals surface area contributed by atoms with Crippen molar-refractivity contribution in [3.63, 3.8) is 0 Å². The van der Waals surface area contributed by atoms with E-state index in [-0.39, 0.29) is 17.4 Å². The standard InChI is InChI=1S/C22H23N3O3/c1-2-16-3-9-19(10-4-16)25-22(27)20(21(26)23-25)15-17-5-7-18(8-6-17)24-11-13-28-14-12-24/h3-10,15H,2,11-14H2,1H3,(H,23,26)/b20-15-. The first-order chi connectivity index (χ1) is 13.7. The number of hydrogen-bond acceptors (Lipinski definition) is 4.